The summed E-state index contributed by atoms with van der Waals surface area (Å²) in [6.07, 6.45) is 0.594. The van der Waals surface area contributed by atoms with Gasteiger partial charge in [-0.1, -0.05) is 66.7 Å². The number of fused-ring (bicyclic) bond motifs is 1. The molecular formula is C28H25FN4O3. The van der Waals surface area contributed by atoms with Crippen molar-refractivity contribution >= 4 is 5.69 Å². The molecule has 2 heterocycles. The molecule has 0 unspecified atom stereocenters. The lowest BCUT2D eigenvalue weighted by Crippen LogP contribution is -2.40. The summed E-state index contributed by atoms with van der Waals surface area (Å²) in [5, 5.41) is 11.1. The maximum Gasteiger partial charge on any atom is 0.305 e. The first-order chi connectivity index (χ1) is 17.4. The summed E-state index contributed by atoms with van der Waals surface area (Å²) in [5.41, 5.74) is 3.38. The van der Waals surface area contributed by atoms with Gasteiger partial charge in [-0.3, -0.25) is 24.4 Å². The van der Waals surface area contributed by atoms with Gasteiger partial charge in [0.05, 0.1) is 22.2 Å². The normalized spacial score (nSPS) is 13.5. The zero-order valence-electron chi connectivity index (χ0n) is 19.8. The first kappa shape index (κ1) is 23.6. The van der Waals surface area contributed by atoms with E-state index >= 15 is 0 Å². The predicted molar refractivity (Wildman–Crippen MR) is 134 cm³/mol. The Morgan fingerprint density at radius 3 is 2.28 bits per heavy atom. The molecule has 0 radical (unpaired) electrons. The van der Waals surface area contributed by atoms with E-state index in [2.05, 4.69) is 0 Å². The van der Waals surface area contributed by atoms with Crippen molar-refractivity contribution in [2.24, 2.45) is 0 Å². The first-order valence-corrected chi connectivity index (χ1v) is 11.8. The number of aryl methyl sites for hydroxylation is 1. The zero-order chi connectivity index (χ0) is 25.2. The minimum absolute atomic E-state index is 0.0926. The fraction of sp³-hybridized carbons (Fsp3) is 0.214. The van der Waals surface area contributed by atoms with Gasteiger partial charge in [0.15, 0.2) is 0 Å². The number of nitro groups is 1. The number of nitrogens with zero attached hydrogens (tertiary/aromatic N) is 4. The van der Waals surface area contributed by atoms with Gasteiger partial charge >= 0.3 is 5.69 Å². The maximum absolute atomic E-state index is 14.0. The third-order valence-electron chi connectivity index (χ3n) is 6.62. The van der Waals surface area contributed by atoms with E-state index in [1.54, 1.807) is 10.6 Å². The molecule has 3 aromatic carbocycles. The van der Waals surface area contributed by atoms with Gasteiger partial charge in [-0.05, 0) is 29.7 Å². The van der Waals surface area contributed by atoms with E-state index < -0.39 is 16.4 Å². The van der Waals surface area contributed by atoms with Crippen molar-refractivity contribution in [1.29, 1.82) is 0 Å². The van der Waals surface area contributed by atoms with E-state index in [-0.39, 0.29) is 11.6 Å². The van der Waals surface area contributed by atoms with Crippen LogP contribution >= 0.6 is 0 Å². The second-order valence-electron chi connectivity index (χ2n) is 8.99. The SMILES string of the molecule is Cc1nc2c(c(=O)n1C(c1ccccc1)c1ccccc1)CN(Cc1ccc(F)c([N+](=O)[O-])c1)CC2. The van der Waals surface area contributed by atoms with E-state index in [4.69, 9.17) is 4.98 Å². The molecule has 0 saturated heterocycles. The van der Waals surface area contributed by atoms with Crippen LogP contribution in [0.25, 0.3) is 0 Å². The lowest BCUT2D eigenvalue weighted by molar-refractivity contribution is -0.387. The fourth-order valence-electron chi connectivity index (χ4n) is 4.92. The van der Waals surface area contributed by atoms with Gasteiger partial charge in [0, 0.05) is 32.1 Å². The zero-order valence-corrected chi connectivity index (χ0v) is 19.8. The van der Waals surface area contributed by atoms with E-state index in [9.17, 15) is 19.3 Å². The van der Waals surface area contributed by atoms with Gasteiger partial charge in [0.2, 0.25) is 5.82 Å². The average Bonchev–Trinajstić information content (AvgIpc) is 2.89. The largest absolute Gasteiger partial charge is 0.305 e. The Labute approximate surface area is 207 Å². The van der Waals surface area contributed by atoms with E-state index in [1.807, 2.05) is 72.5 Å². The number of nitro benzene ring substituents is 1. The number of benzene rings is 3. The molecule has 1 aliphatic heterocycles. The van der Waals surface area contributed by atoms with Crippen molar-refractivity contribution in [3.05, 3.63) is 139 Å². The van der Waals surface area contributed by atoms with Crippen LogP contribution in [0, 0.1) is 22.9 Å². The lowest BCUT2D eigenvalue weighted by atomic mass is 9.97. The highest BCUT2D eigenvalue weighted by Crippen LogP contribution is 2.28. The van der Waals surface area contributed by atoms with Crippen molar-refractivity contribution in [3.63, 3.8) is 0 Å². The molecule has 4 aromatic rings. The van der Waals surface area contributed by atoms with Gasteiger partial charge in [-0.25, -0.2) is 4.98 Å². The van der Waals surface area contributed by atoms with Gasteiger partial charge < -0.3 is 0 Å². The summed E-state index contributed by atoms with van der Waals surface area (Å²) < 4.78 is 15.5. The van der Waals surface area contributed by atoms with Crippen LogP contribution in [0.1, 0.15) is 39.8 Å². The Morgan fingerprint density at radius 1 is 1.03 bits per heavy atom. The average molecular weight is 485 g/mol. The maximum atomic E-state index is 14.0. The highest BCUT2D eigenvalue weighted by Gasteiger charge is 2.27. The van der Waals surface area contributed by atoms with Crippen LogP contribution in [-0.4, -0.2) is 25.9 Å². The number of hydrogen-bond donors (Lipinski definition) is 0. The van der Waals surface area contributed by atoms with Crippen LogP contribution in [0.15, 0.2) is 83.7 Å². The van der Waals surface area contributed by atoms with Crippen LogP contribution in [-0.2, 0) is 19.5 Å². The summed E-state index contributed by atoms with van der Waals surface area (Å²) in [6.45, 7) is 3.25. The number of aromatic nitrogens is 2. The molecule has 8 heteroatoms. The Hall–Kier alpha value is -4.17. The minimum Gasteiger partial charge on any atom is -0.294 e. The van der Waals surface area contributed by atoms with Crippen molar-refractivity contribution in [2.75, 3.05) is 6.54 Å². The van der Waals surface area contributed by atoms with Gasteiger partial charge in [-0.2, -0.15) is 4.39 Å². The molecular weight excluding hydrogens is 459 g/mol. The topological polar surface area (TPSA) is 81.3 Å². The van der Waals surface area contributed by atoms with Crippen molar-refractivity contribution in [3.8, 4) is 0 Å². The molecule has 0 atom stereocenters. The number of rotatable bonds is 6. The van der Waals surface area contributed by atoms with Crippen molar-refractivity contribution in [1.82, 2.24) is 14.5 Å². The van der Waals surface area contributed by atoms with Crippen LogP contribution in [0.4, 0.5) is 10.1 Å². The molecule has 0 bridgehead atoms. The third-order valence-corrected chi connectivity index (χ3v) is 6.62. The molecule has 0 amide bonds. The number of hydrogen-bond acceptors (Lipinski definition) is 5. The number of halogens is 1. The van der Waals surface area contributed by atoms with Crippen LogP contribution in [0.3, 0.4) is 0 Å². The Balaban J connectivity index is 1.53. The highest BCUT2D eigenvalue weighted by molar-refractivity contribution is 5.37. The van der Waals surface area contributed by atoms with E-state index in [0.29, 0.717) is 43.0 Å². The Bertz CT molecular complexity index is 1430. The van der Waals surface area contributed by atoms with Crippen molar-refractivity contribution < 1.29 is 9.31 Å². The second kappa shape index (κ2) is 9.83. The monoisotopic (exact) mass is 484 g/mol. The second-order valence-corrected chi connectivity index (χ2v) is 8.99. The van der Waals surface area contributed by atoms with Crippen LogP contribution in [0.2, 0.25) is 0 Å². The van der Waals surface area contributed by atoms with Gasteiger partial charge in [0.1, 0.15) is 5.82 Å². The molecule has 7 nitrogen and oxygen atoms in total. The highest BCUT2D eigenvalue weighted by atomic mass is 19.1. The summed E-state index contributed by atoms with van der Waals surface area (Å²) in [7, 11) is 0. The van der Waals surface area contributed by atoms with E-state index in [1.165, 1.54) is 6.07 Å². The summed E-state index contributed by atoms with van der Waals surface area (Å²) >= 11 is 0. The summed E-state index contributed by atoms with van der Waals surface area (Å²) in [4.78, 5) is 31.3. The minimum atomic E-state index is -0.858. The smallest absolute Gasteiger partial charge is 0.294 e. The molecule has 1 aromatic heterocycles. The fourth-order valence-corrected chi connectivity index (χ4v) is 4.92. The van der Waals surface area contributed by atoms with Crippen LogP contribution in [0.5, 0.6) is 0 Å². The van der Waals surface area contributed by atoms with Gasteiger partial charge in [0.25, 0.3) is 5.56 Å². The predicted octanol–water partition coefficient (Wildman–Crippen LogP) is 4.80. The summed E-state index contributed by atoms with van der Waals surface area (Å²) in [6, 6.07) is 23.4. The molecule has 0 spiro atoms. The van der Waals surface area contributed by atoms with Gasteiger partial charge in [-0.15, -0.1) is 0 Å². The van der Waals surface area contributed by atoms with Crippen LogP contribution < -0.4 is 5.56 Å². The lowest BCUT2D eigenvalue weighted by Gasteiger charge is -2.30. The molecule has 36 heavy (non-hydrogen) atoms. The molecule has 0 aliphatic carbocycles. The summed E-state index contributed by atoms with van der Waals surface area (Å²) in [5.74, 6) is -0.206. The molecule has 5 rings (SSSR count). The molecule has 0 N–H and O–H groups in total. The van der Waals surface area contributed by atoms with E-state index in [0.717, 1.165) is 22.9 Å². The Morgan fingerprint density at radius 2 is 1.67 bits per heavy atom. The molecule has 182 valence electrons. The first-order valence-electron chi connectivity index (χ1n) is 11.8. The van der Waals surface area contributed by atoms with Crippen molar-refractivity contribution in [2.45, 2.75) is 32.5 Å². The standard InChI is InChI=1S/C28H25FN4O3/c1-19-30-25-14-15-31(17-20-12-13-24(29)26(16-20)33(35)36)18-23(25)28(34)32(19)27(21-8-4-2-5-9-21)22-10-6-3-7-11-22/h2-13,16,27H,14-15,17-18H2,1H3. The molecule has 1 aliphatic rings. The molecule has 0 fully saturated rings. The third kappa shape index (κ3) is 4.55. The Kier molecular flexibility index (Phi) is 6.43. The molecule has 0 saturated carbocycles. The quantitative estimate of drug-likeness (QED) is 0.290.